The van der Waals surface area contributed by atoms with E-state index in [0.717, 1.165) is 59.2 Å². The molecule has 0 saturated heterocycles. The summed E-state index contributed by atoms with van der Waals surface area (Å²) in [7, 11) is 1.68. The predicted molar refractivity (Wildman–Crippen MR) is 129 cm³/mol. The molecule has 3 aromatic heterocycles. The Bertz CT molecular complexity index is 1340. The Morgan fingerprint density at radius 2 is 1.94 bits per heavy atom. The molecule has 4 aromatic rings. The highest BCUT2D eigenvalue weighted by Gasteiger charge is 2.52. The molecule has 1 spiro atoms. The summed E-state index contributed by atoms with van der Waals surface area (Å²) < 4.78 is 5.48. The molecule has 0 atom stereocenters. The highest BCUT2D eigenvalue weighted by atomic mass is 16.5. The van der Waals surface area contributed by atoms with Crippen molar-refractivity contribution in [1.29, 1.82) is 0 Å². The second kappa shape index (κ2) is 7.59. The quantitative estimate of drug-likeness (QED) is 0.354. The highest BCUT2D eigenvalue weighted by Crippen LogP contribution is 2.56. The Kier molecular flexibility index (Phi) is 4.65. The van der Waals surface area contributed by atoms with Gasteiger partial charge in [0.25, 0.3) is 0 Å². The molecule has 0 unspecified atom stereocenters. The first-order chi connectivity index (χ1) is 16.0. The number of pyridine rings is 1. The maximum Gasteiger partial charge on any atom is 0.182 e. The van der Waals surface area contributed by atoms with E-state index in [1.165, 1.54) is 5.56 Å². The molecule has 0 aliphatic heterocycles. The zero-order chi connectivity index (χ0) is 22.6. The number of anilines is 2. The van der Waals surface area contributed by atoms with E-state index in [9.17, 15) is 5.11 Å². The van der Waals surface area contributed by atoms with Crippen molar-refractivity contribution in [3.63, 3.8) is 0 Å². The minimum absolute atomic E-state index is 0.0962. The molecule has 170 valence electrons. The van der Waals surface area contributed by atoms with Crippen LogP contribution in [0.4, 0.5) is 11.6 Å². The molecule has 2 aliphatic rings. The van der Waals surface area contributed by atoms with E-state index in [4.69, 9.17) is 14.7 Å². The van der Waals surface area contributed by atoms with Crippen LogP contribution in [0.25, 0.3) is 22.1 Å². The number of aryl methyl sites for hydroxylation is 1. The van der Waals surface area contributed by atoms with Gasteiger partial charge < -0.3 is 25.5 Å². The van der Waals surface area contributed by atoms with E-state index < -0.39 is 0 Å². The van der Waals surface area contributed by atoms with Crippen molar-refractivity contribution >= 4 is 33.7 Å². The number of H-pyrrole nitrogens is 1. The van der Waals surface area contributed by atoms with Gasteiger partial charge in [-0.05, 0) is 67.3 Å². The summed E-state index contributed by atoms with van der Waals surface area (Å²) in [4.78, 5) is 17.2. The second-order valence-electron chi connectivity index (χ2n) is 9.61. The smallest absolute Gasteiger partial charge is 0.182 e. The number of ether oxygens (including phenoxy) is 1. The number of aromatic nitrogens is 4. The maximum atomic E-state index is 9.60. The van der Waals surface area contributed by atoms with Crippen LogP contribution in [0.3, 0.4) is 0 Å². The summed E-state index contributed by atoms with van der Waals surface area (Å²) in [6.07, 6.45) is 7.75. The molecule has 2 saturated carbocycles. The summed E-state index contributed by atoms with van der Waals surface area (Å²) in [6.45, 7) is 2.71. The van der Waals surface area contributed by atoms with E-state index in [1.807, 2.05) is 24.4 Å². The van der Waals surface area contributed by atoms with Crippen molar-refractivity contribution < 1.29 is 9.84 Å². The van der Waals surface area contributed by atoms with Crippen LogP contribution in [-0.4, -0.2) is 44.3 Å². The van der Waals surface area contributed by atoms with E-state index in [-0.39, 0.29) is 6.10 Å². The standard InChI is InChI=1S/C25H28N6O2/c1-14-11-28-23-19(33-2)5-3-15(22(14)23)12-27-21-13-26-18-4-6-20(30-24(18)31-21)29-16-7-25(8-16)9-17(32)10-25/h3-6,11,13,16-17,28,32H,7-10,12H2,1-2H3,(H2,27,29,30,31). The molecule has 1 aromatic carbocycles. The molecular formula is C25H28N6O2. The summed E-state index contributed by atoms with van der Waals surface area (Å²) in [5.74, 6) is 2.35. The third-order valence-corrected chi connectivity index (χ3v) is 7.22. The number of methoxy groups -OCH3 is 1. The highest BCUT2D eigenvalue weighted by molar-refractivity contribution is 5.91. The first-order valence-electron chi connectivity index (χ1n) is 11.5. The Morgan fingerprint density at radius 1 is 1.12 bits per heavy atom. The molecule has 2 aliphatic carbocycles. The molecule has 0 radical (unpaired) electrons. The van der Waals surface area contributed by atoms with E-state index in [0.29, 0.717) is 29.5 Å². The lowest BCUT2D eigenvalue weighted by Gasteiger charge is -2.56. The van der Waals surface area contributed by atoms with Crippen LogP contribution in [0, 0.1) is 12.3 Å². The van der Waals surface area contributed by atoms with Gasteiger partial charge >= 0.3 is 0 Å². The van der Waals surface area contributed by atoms with Crippen molar-refractivity contribution in [2.45, 2.75) is 51.3 Å². The molecule has 33 heavy (non-hydrogen) atoms. The SMILES string of the molecule is COc1ccc(CNc2cnc3ccc(NC4CC5(CC(O)C5)C4)nc3n2)c2c(C)c[nH]c12. The zero-order valence-electron chi connectivity index (χ0n) is 18.9. The summed E-state index contributed by atoms with van der Waals surface area (Å²) in [5.41, 5.74) is 5.11. The van der Waals surface area contributed by atoms with Crippen molar-refractivity contribution in [3.05, 3.63) is 47.8 Å². The van der Waals surface area contributed by atoms with Gasteiger partial charge in [-0.15, -0.1) is 0 Å². The van der Waals surface area contributed by atoms with Crippen LogP contribution in [0.2, 0.25) is 0 Å². The van der Waals surface area contributed by atoms with Crippen LogP contribution < -0.4 is 15.4 Å². The summed E-state index contributed by atoms with van der Waals surface area (Å²) in [6, 6.07) is 8.40. The molecule has 0 bridgehead atoms. The minimum Gasteiger partial charge on any atom is -0.495 e. The first kappa shape index (κ1) is 20.2. The van der Waals surface area contributed by atoms with Crippen LogP contribution in [0.15, 0.2) is 36.7 Å². The minimum atomic E-state index is -0.0962. The fraction of sp³-hybridized carbons (Fsp3) is 0.400. The number of rotatable bonds is 6. The third kappa shape index (κ3) is 3.54. The van der Waals surface area contributed by atoms with Gasteiger partial charge in [-0.25, -0.2) is 15.0 Å². The van der Waals surface area contributed by atoms with Gasteiger partial charge in [0, 0.05) is 24.2 Å². The molecule has 8 heteroatoms. The molecule has 3 heterocycles. The molecule has 8 nitrogen and oxygen atoms in total. The van der Waals surface area contributed by atoms with Crippen molar-refractivity contribution in [1.82, 2.24) is 19.9 Å². The van der Waals surface area contributed by atoms with E-state index >= 15 is 0 Å². The Labute approximate surface area is 191 Å². The second-order valence-corrected chi connectivity index (χ2v) is 9.61. The number of hydrogen-bond donors (Lipinski definition) is 4. The van der Waals surface area contributed by atoms with Gasteiger partial charge in [0.05, 0.1) is 24.9 Å². The first-order valence-corrected chi connectivity index (χ1v) is 11.5. The summed E-state index contributed by atoms with van der Waals surface area (Å²) >= 11 is 0. The van der Waals surface area contributed by atoms with Gasteiger partial charge in [-0.2, -0.15) is 0 Å². The summed E-state index contributed by atoms with van der Waals surface area (Å²) in [5, 5.41) is 17.7. The largest absolute Gasteiger partial charge is 0.495 e. The monoisotopic (exact) mass is 444 g/mol. The number of benzene rings is 1. The predicted octanol–water partition coefficient (Wildman–Crippen LogP) is 4.15. The zero-order valence-corrected chi connectivity index (χ0v) is 18.9. The maximum absolute atomic E-state index is 9.60. The van der Waals surface area contributed by atoms with Gasteiger partial charge in [-0.1, -0.05) is 6.07 Å². The Morgan fingerprint density at radius 3 is 2.73 bits per heavy atom. The van der Waals surface area contributed by atoms with Gasteiger partial charge in [0.15, 0.2) is 5.65 Å². The lowest BCUT2D eigenvalue weighted by molar-refractivity contribution is -0.0868. The van der Waals surface area contributed by atoms with Gasteiger partial charge in [0.1, 0.15) is 22.9 Å². The van der Waals surface area contributed by atoms with Crippen molar-refractivity contribution in [3.8, 4) is 5.75 Å². The lowest BCUT2D eigenvalue weighted by Crippen LogP contribution is -2.54. The topological polar surface area (TPSA) is 108 Å². The lowest BCUT2D eigenvalue weighted by atomic mass is 9.53. The number of nitrogens with zero attached hydrogens (tertiary/aromatic N) is 3. The third-order valence-electron chi connectivity index (χ3n) is 7.22. The fourth-order valence-corrected chi connectivity index (χ4v) is 5.61. The fourth-order valence-electron chi connectivity index (χ4n) is 5.61. The van der Waals surface area contributed by atoms with Crippen LogP contribution in [0.1, 0.15) is 36.8 Å². The van der Waals surface area contributed by atoms with Crippen LogP contribution in [0.5, 0.6) is 5.75 Å². The normalized spacial score (nSPS) is 24.0. The van der Waals surface area contributed by atoms with E-state index in [2.05, 4.69) is 33.6 Å². The van der Waals surface area contributed by atoms with Crippen molar-refractivity contribution in [2.24, 2.45) is 5.41 Å². The number of aromatic amines is 1. The number of aliphatic hydroxyl groups is 1. The van der Waals surface area contributed by atoms with Gasteiger partial charge in [-0.3, -0.25) is 0 Å². The molecular weight excluding hydrogens is 416 g/mol. The van der Waals surface area contributed by atoms with Crippen molar-refractivity contribution in [2.75, 3.05) is 17.7 Å². The van der Waals surface area contributed by atoms with E-state index in [1.54, 1.807) is 13.3 Å². The van der Waals surface area contributed by atoms with Crippen LogP contribution >= 0.6 is 0 Å². The number of aliphatic hydroxyl groups excluding tert-OH is 1. The Balaban J connectivity index is 1.17. The number of fused-ring (bicyclic) bond motifs is 2. The van der Waals surface area contributed by atoms with Gasteiger partial charge in [0.2, 0.25) is 0 Å². The average molecular weight is 445 g/mol. The molecule has 4 N–H and O–H groups in total. The molecule has 2 fully saturated rings. The number of nitrogens with one attached hydrogen (secondary N) is 3. The molecule has 6 rings (SSSR count). The molecule has 0 amide bonds. The Hall–Kier alpha value is -3.39. The number of hydrogen-bond acceptors (Lipinski definition) is 7. The average Bonchev–Trinajstić information content (AvgIpc) is 3.17. The van der Waals surface area contributed by atoms with Crippen LogP contribution in [-0.2, 0) is 6.54 Å².